The number of carbonyl (C=O) groups excluding carboxylic acids is 1. The van der Waals surface area contributed by atoms with E-state index in [0.717, 1.165) is 56.8 Å². The molecule has 0 radical (unpaired) electrons. The zero-order valence-electron chi connectivity index (χ0n) is 20.1. The van der Waals surface area contributed by atoms with Crippen LogP contribution in [-0.2, 0) is 0 Å². The molecule has 0 fully saturated rings. The molecule has 4 aromatic rings. The summed E-state index contributed by atoms with van der Waals surface area (Å²) in [6.07, 6.45) is 0.941. The van der Waals surface area contributed by atoms with Gasteiger partial charge in [0.05, 0.1) is 26.0 Å². The first-order valence-electron chi connectivity index (χ1n) is 11.8. The smallest absolute Gasteiger partial charge is 0.255 e. The van der Waals surface area contributed by atoms with Crippen LogP contribution in [0.15, 0.2) is 66.7 Å². The van der Waals surface area contributed by atoms with Crippen LogP contribution >= 0.6 is 0 Å². The predicted molar refractivity (Wildman–Crippen MR) is 136 cm³/mol. The number of hydrogen-bond acceptors (Lipinski definition) is 3. The minimum Gasteiger partial charge on any atom is -0.497 e. The van der Waals surface area contributed by atoms with Crippen LogP contribution in [0.4, 0.5) is 0 Å². The summed E-state index contributed by atoms with van der Waals surface area (Å²) < 4.78 is 11.3. The molecule has 1 atom stereocenters. The number of H-pyrrole nitrogens is 1. The Kier molecular flexibility index (Phi) is 5.78. The molecule has 0 aliphatic carbocycles. The third-order valence-electron chi connectivity index (χ3n) is 6.70. The van der Waals surface area contributed by atoms with Gasteiger partial charge in [-0.15, -0.1) is 0 Å². The van der Waals surface area contributed by atoms with E-state index in [1.807, 2.05) is 53.4 Å². The van der Waals surface area contributed by atoms with Crippen LogP contribution in [0.5, 0.6) is 11.5 Å². The van der Waals surface area contributed by atoms with E-state index in [1.54, 1.807) is 14.2 Å². The van der Waals surface area contributed by atoms with Crippen molar-refractivity contribution in [3.63, 3.8) is 0 Å². The Balaban J connectivity index is 1.79. The fraction of sp³-hybridized carbons (Fsp3) is 0.276. The van der Waals surface area contributed by atoms with Crippen LogP contribution in [0, 0.1) is 5.92 Å². The maximum Gasteiger partial charge on any atom is 0.255 e. The van der Waals surface area contributed by atoms with Gasteiger partial charge in [-0.1, -0.05) is 50.2 Å². The fourth-order valence-corrected chi connectivity index (χ4v) is 4.98. The van der Waals surface area contributed by atoms with Crippen molar-refractivity contribution in [2.45, 2.75) is 26.3 Å². The Morgan fingerprint density at radius 3 is 2.47 bits per heavy atom. The van der Waals surface area contributed by atoms with Gasteiger partial charge in [0.25, 0.3) is 5.91 Å². The van der Waals surface area contributed by atoms with Gasteiger partial charge < -0.3 is 19.4 Å². The van der Waals surface area contributed by atoms with Crippen molar-refractivity contribution < 1.29 is 14.3 Å². The molecule has 0 saturated heterocycles. The van der Waals surface area contributed by atoms with E-state index < -0.39 is 0 Å². The molecular weight excluding hydrogens is 424 g/mol. The number of methoxy groups -OCH3 is 2. The molecule has 5 rings (SSSR count). The number of fused-ring (bicyclic) bond motifs is 2. The number of ether oxygens (including phenoxy) is 2. The lowest BCUT2D eigenvalue weighted by Gasteiger charge is -2.27. The van der Waals surface area contributed by atoms with Gasteiger partial charge in [0.15, 0.2) is 0 Å². The van der Waals surface area contributed by atoms with E-state index in [0.29, 0.717) is 12.5 Å². The molecule has 1 aliphatic heterocycles. The normalized spacial score (nSPS) is 15.3. The molecule has 0 bridgehead atoms. The summed E-state index contributed by atoms with van der Waals surface area (Å²) in [5, 5.41) is 1.10. The van der Waals surface area contributed by atoms with E-state index in [2.05, 4.69) is 37.0 Å². The lowest BCUT2D eigenvalue weighted by Crippen LogP contribution is -2.30. The van der Waals surface area contributed by atoms with Crippen molar-refractivity contribution in [1.29, 1.82) is 0 Å². The summed E-state index contributed by atoms with van der Waals surface area (Å²) in [5.74, 6) is 2.09. The third-order valence-corrected chi connectivity index (χ3v) is 6.70. The predicted octanol–water partition coefficient (Wildman–Crippen LogP) is 6.44. The summed E-state index contributed by atoms with van der Waals surface area (Å²) in [4.78, 5) is 19.3. The Hall–Kier alpha value is -3.73. The monoisotopic (exact) mass is 454 g/mol. The highest BCUT2D eigenvalue weighted by atomic mass is 16.5. The van der Waals surface area contributed by atoms with E-state index in [1.165, 1.54) is 0 Å². The largest absolute Gasteiger partial charge is 0.497 e. The van der Waals surface area contributed by atoms with Crippen molar-refractivity contribution in [3.05, 3.63) is 83.4 Å². The SMILES string of the molecule is COc1ccc(OC)c(-c2[nH]c3ccccc3c2C2c3ccccc3C(=O)N2CCC(C)C)c1. The van der Waals surface area contributed by atoms with Crippen LogP contribution in [0.3, 0.4) is 0 Å². The molecule has 0 saturated carbocycles. The lowest BCUT2D eigenvalue weighted by molar-refractivity contribution is 0.0743. The molecule has 3 aromatic carbocycles. The van der Waals surface area contributed by atoms with Crippen LogP contribution in [-0.4, -0.2) is 36.6 Å². The average molecular weight is 455 g/mol. The number of aromatic amines is 1. The van der Waals surface area contributed by atoms with Crippen molar-refractivity contribution in [1.82, 2.24) is 9.88 Å². The number of aromatic nitrogens is 1. The molecule has 2 heterocycles. The van der Waals surface area contributed by atoms with E-state index in [4.69, 9.17) is 9.47 Å². The Morgan fingerprint density at radius 1 is 0.941 bits per heavy atom. The molecule has 34 heavy (non-hydrogen) atoms. The number of carbonyl (C=O) groups is 1. The quantitative estimate of drug-likeness (QED) is 0.349. The summed E-state index contributed by atoms with van der Waals surface area (Å²) in [5.41, 5.74) is 5.80. The molecule has 0 spiro atoms. The van der Waals surface area contributed by atoms with Crippen molar-refractivity contribution in [2.75, 3.05) is 20.8 Å². The second-order valence-electron chi connectivity index (χ2n) is 9.20. The standard InChI is InChI=1S/C29H30N2O3/c1-18(2)15-16-31-28(20-9-5-6-10-21(20)29(31)32)26-22-11-7-8-12-24(22)30-27(26)23-17-19(33-3)13-14-25(23)34-4/h5-14,17-18,28,30H,15-16H2,1-4H3. The highest BCUT2D eigenvalue weighted by Crippen LogP contribution is 2.47. The third kappa shape index (κ3) is 3.61. The molecule has 1 N–H and O–H groups in total. The average Bonchev–Trinajstić information content (AvgIpc) is 3.37. The Bertz CT molecular complexity index is 1350. The minimum atomic E-state index is -0.190. The zero-order chi connectivity index (χ0) is 23.8. The van der Waals surface area contributed by atoms with Gasteiger partial charge in [-0.2, -0.15) is 0 Å². The molecular formula is C29H30N2O3. The summed E-state index contributed by atoms with van der Waals surface area (Å²) in [7, 11) is 3.34. The lowest BCUT2D eigenvalue weighted by atomic mass is 9.92. The molecule has 5 heteroatoms. The van der Waals surface area contributed by atoms with E-state index >= 15 is 0 Å². The minimum absolute atomic E-state index is 0.0927. The molecule has 1 aliphatic rings. The Morgan fingerprint density at radius 2 is 1.71 bits per heavy atom. The van der Waals surface area contributed by atoms with Crippen molar-refractivity contribution in [2.24, 2.45) is 5.92 Å². The summed E-state index contributed by atoms with van der Waals surface area (Å²) >= 11 is 0. The van der Waals surface area contributed by atoms with Crippen LogP contribution in [0.1, 0.15) is 47.8 Å². The van der Waals surface area contributed by atoms with Crippen LogP contribution < -0.4 is 9.47 Å². The first-order chi connectivity index (χ1) is 16.5. The number of amides is 1. The zero-order valence-corrected chi connectivity index (χ0v) is 20.1. The van der Waals surface area contributed by atoms with Gasteiger partial charge in [0, 0.05) is 34.1 Å². The van der Waals surface area contributed by atoms with Gasteiger partial charge >= 0.3 is 0 Å². The summed E-state index contributed by atoms with van der Waals surface area (Å²) in [6.45, 7) is 5.09. The first kappa shape index (κ1) is 22.1. The molecule has 1 unspecified atom stereocenters. The van der Waals surface area contributed by atoms with E-state index in [9.17, 15) is 4.79 Å². The number of nitrogens with zero attached hydrogens (tertiary/aromatic N) is 1. The maximum atomic E-state index is 13.6. The number of rotatable bonds is 7. The maximum absolute atomic E-state index is 13.6. The van der Waals surface area contributed by atoms with Crippen LogP contribution in [0.2, 0.25) is 0 Å². The number of nitrogens with one attached hydrogen (secondary N) is 1. The topological polar surface area (TPSA) is 54.6 Å². The van der Waals surface area contributed by atoms with Gasteiger partial charge in [0.1, 0.15) is 11.5 Å². The van der Waals surface area contributed by atoms with Gasteiger partial charge in [-0.3, -0.25) is 4.79 Å². The highest BCUT2D eigenvalue weighted by Gasteiger charge is 2.40. The second kappa shape index (κ2) is 8.90. The Labute approximate surface area is 200 Å². The molecule has 1 aromatic heterocycles. The molecule has 5 nitrogen and oxygen atoms in total. The fourth-order valence-electron chi connectivity index (χ4n) is 4.98. The molecule has 1 amide bonds. The number of para-hydroxylation sites is 1. The van der Waals surface area contributed by atoms with E-state index in [-0.39, 0.29) is 11.9 Å². The molecule has 174 valence electrons. The van der Waals surface area contributed by atoms with Crippen LogP contribution in [0.25, 0.3) is 22.2 Å². The first-order valence-corrected chi connectivity index (χ1v) is 11.8. The van der Waals surface area contributed by atoms with Crippen molar-refractivity contribution in [3.8, 4) is 22.8 Å². The number of hydrogen-bond donors (Lipinski definition) is 1. The highest BCUT2D eigenvalue weighted by molar-refractivity contribution is 6.02. The second-order valence-corrected chi connectivity index (χ2v) is 9.20. The summed E-state index contributed by atoms with van der Waals surface area (Å²) in [6, 6.07) is 21.9. The van der Waals surface area contributed by atoms with Crippen molar-refractivity contribution >= 4 is 16.8 Å². The number of benzene rings is 3. The van der Waals surface area contributed by atoms with Gasteiger partial charge in [-0.25, -0.2) is 0 Å². The van der Waals surface area contributed by atoms with Gasteiger partial charge in [-0.05, 0) is 48.2 Å². The van der Waals surface area contributed by atoms with Gasteiger partial charge in [0.2, 0.25) is 0 Å².